The molecule has 0 bridgehead atoms. The summed E-state index contributed by atoms with van der Waals surface area (Å²) in [5, 5.41) is 4.24. The van der Waals surface area contributed by atoms with E-state index in [-0.39, 0.29) is 23.5 Å². The minimum Gasteiger partial charge on any atom is -0.365 e. The lowest BCUT2D eigenvalue weighted by molar-refractivity contribution is -0.134. The smallest absolute Gasteiger partial charge is 0.234 e. The van der Waals surface area contributed by atoms with Crippen molar-refractivity contribution in [2.24, 2.45) is 5.92 Å². The number of rotatable bonds is 6. The molecule has 0 aliphatic carbocycles. The number of hydrogen-bond acceptors (Lipinski definition) is 4. The van der Waals surface area contributed by atoms with E-state index in [0.29, 0.717) is 41.9 Å². The molecule has 5 nitrogen and oxygen atoms in total. The lowest BCUT2D eigenvalue weighted by Gasteiger charge is -2.38. The molecule has 0 atom stereocenters. The molecular weight excluding hydrogens is 441 g/mol. The Labute approximate surface area is 191 Å². The van der Waals surface area contributed by atoms with E-state index in [1.54, 1.807) is 12.1 Å². The summed E-state index contributed by atoms with van der Waals surface area (Å²) in [4.78, 5) is 29.8. The van der Waals surface area contributed by atoms with E-state index >= 15 is 0 Å². The van der Waals surface area contributed by atoms with Gasteiger partial charge in [0, 0.05) is 42.0 Å². The quantitative estimate of drug-likeness (QED) is 0.607. The van der Waals surface area contributed by atoms with Crippen molar-refractivity contribution in [1.82, 2.24) is 4.90 Å². The molecule has 2 amide bonds. The second kappa shape index (κ2) is 10.4. The second-order valence-electron chi connectivity index (χ2n) is 7.39. The zero-order chi connectivity index (χ0) is 21.7. The first-order valence-corrected chi connectivity index (χ1v) is 11.6. The Bertz CT molecular complexity index is 898. The molecule has 8 heteroatoms. The van der Waals surface area contributed by atoms with Crippen molar-refractivity contribution in [1.29, 1.82) is 0 Å². The molecule has 1 aliphatic rings. The van der Waals surface area contributed by atoms with Crippen LogP contribution in [0.3, 0.4) is 0 Å². The van der Waals surface area contributed by atoms with Crippen LogP contribution in [0.1, 0.15) is 13.8 Å². The van der Waals surface area contributed by atoms with Gasteiger partial charge in [-0.3, -0.25) is 9.59 Å². The molecule has 0 spiro atoms. The van der Waals surface area contributed by atoms with Crippen LogP contribution in [-0.4, -0.2) is 48.6 Å². The van der Waals surface area contributed by atoms with Crippen LogP contribution in [0.25, 0.3) is 0 Å². The number of hydrogen-bond donors (Lipinski definition) is 1. The van der Waals surface area contributed by atoms with Crippen LogP contribution < -0.4 is 10.2 Å². The van der Waals surface area contributed by atoms with Gasteiger partial charge >= 0.3 is 0 Å². The first-order chi connectivity index (χ1) is 14.3. The summed E-state index contributed by atoms with van der Waals surface area (Å²) in [7, 11) is 0. The molecule has 3 rings (SSSR count). The summed E-state index contributed by atoms with van der Waals surface area (Å²) in [6, 6.07) is 12.9. The third-order valence-electron chi connectivity index (χ3n) is 4.85. The van der Waals surface area contributed by atoms with Crippen molar-refractivity contribution < 1.29 is 9.59 Å². The molecule has 0 saturated carbocycles. The maximum Gasteiger partial charge on any atom is 0.234 e. The molecule has 0 aromatic heterocycles. The summed E-state index contributed by atoms with van der Waals surface area (Å²) in [5.41, 5.74) is 1.49. The largest absolute Gasteiger partial charge is 0.365 e. The lowest BCUT2D eigenvalue weighted by atomic mass is 10.1. The topological polar surface area (TPSA) is 52.7 Å². The number of halogens is 2. The number of anilines is 2. The minimum atomic E-state index is -0.105. The molecule has 1 aliphatic heterocycles. The standard InChI is InChI=1S/C22H25Cl2N3O2S/c1-15(2)22(29)27-12-10-26(11-13-27)21-18(24)4-3-5-19(21)25-20(28)14-30-17-8-6-16(23)7-9-17/h3-9,15H,10-14H2,1-2H3,(H,25,28). The van der Waals surface area contributed by atoms with E-state index in [4.69, 9.17) is 23.2 Å². The number of benzene rings is 2. The Kier molecular flexibility index (Phi) is 7.92. The first kappa shape index (κ1) is 22.8. The number of nitrogens with one attached hydrogen (secondary N) is 1. The fourth-order valence-electron chi connectivity index (χ4n) is 3.32. The van der Waals surface area contributed by atoms with E-state index in [9.17, 15) is 9.59 Å². The fraction of sp³-hybridized carbons (Fsp3) is 0.364. The van der Waals surface area contributed by atoms with Gasteiger partial charge in [-0.2, -0.15) is 0 Å². The highest BCUT2D eigenvalue weighted by Gasteiger charge is 2.25. The monoisotopic (exact) mass is 465 g/mol. The molecule has 1 saturated heterocycles. The van der Waals surface area contributed by atoms with Gasteiger partial charge in [-0.15, -0.1) is 11.8 Å². The van der Waals surface area contributed by atoms with Gasteiger partial charge in [-0.25, -0.2) is 0 Å². The average Bonchev–Trinajstić information content (AvgIpc) is 2.73. The van der Waals surface area contributed by atoms with Crippen molar-refractivity contribution in [2.45, 2.75) is 18.7 Å². The van der Waals surface area contributed by atoms with E-state index in [1.165, 1.54) is 11.8 Å². The van der Waals surface area contributed by atoms with Gasteiger partial charge < -0.3 is 15.1 Å². The number of thioether (sulfide) groups is 1. The maximum atomic E-state index is 12.5. The van der Waals surface area contributed by atoms with Crippen molar-refractivity contribution in [2.75, 3.05) is 42.1 Å². The van der Waals surface area contributed by atoms with E-state index in [1.807, 2.05) is 49.1 Å². The number of carbonyl (C=O) groups excluding carboxylic acids is 2. The molecule has 0 unspecified atom stereocenters. The number of piperazine rings is 1. The molecule has 2 aromatic carbocycles. The highest BCUT2D eigenvalue weighted by Crippen LogP contribution is 2.35. The van der Waals surface area contributed by atoms with Crippen molar-refractivity contribution in [3.8, 4) is 0 Å². The number of para-hydroxylation sites is 1. The molecular formula is C22H25Cl2N3O2S. The zero-order valence-corrected chi connectivity index (χ0v) is 19.4. The third-order valence-corrected chi connectivity index (χ3v) is 6.41. The molecule has 1 N–H and O–H groups in total. The Balaban J connectivity index is 1.64. The Morgan fingerprint density at radius 3 is 2.33 bits per heavy atom. The van der Waals surface area contributed by atoms with Crippen LogP contribution >= 0.6 is 35.0 Å². The van der Waals surface area contributed by atoms with Crippen LogP contribution in [0.2, 0.25) is 10.0 Å². The number of nitrogens with zero attached hydrogens (tertiary/aromatic N) is 2. The summed E-state index contributed by atoms with van der Waals surface area (Å²) >= 11 is 13.8. The number of carbonyl (C=O) groups is 2. The summed E-state index contributed by atoms with van der Waals surface area (Å²) in [5.74, 6) is 0.336. The average molecular weight is 466 g/mol. The van der Waals surface area contributed by atoms with Crippen LogP contribution in [0.5, 0.6) is 0 Å². The summed E-state index contributed by atoms with van der Waals surface area (Å²) in [6.07, 6.45) is 0. The first-order valence-electron chi connectivity index (χ1n) is 9.85. The van der Waals surface area contributed by atoms with Crippen LogP contribution in [0, 0.1) is 5.92 Å². The molecule has 2 aromatic rings. The summed E-state index contributed by atoms with van der Waals surface area (Å²) in [6.45, 7) is 6.45. The molecule has 1 fully saturated rings. The van der Waals surface area contributed by atoms with E-state index < -0.39 is 0 Å². The Morgan fingerprint density at radius 1 is 1.03 bits per heavy atom. The molecule has 160 valence electrons. The lowest BCUT2D eigenvalue weighted by Crippen LogP contribution is -2.50. The van der Waals surface area contributed by atoms with Gasteiger partial charge in [0.05, 0.1) is 22.2 Å². The minimum absolute atomic E-state index is 0.00940. The molecule has 1 heterocycles. The van der Waals surface area contributed by atoms with Gasteiger partial charge in [-0.1, -0.05) is 43.1 Å². The van der Waals surface area contributed by atoms with Crippen LogP contribution in [0.15, 0.2) is 47.4 Å². The second-order valence-corrected chi connectivity index (χ2v) is 9.29. The Hall–Kier alpha value is -1.89. The molecule has 30 heavy (non-hydrogen) atoms. The Morgan fingerprint density at radius 2 is 1.70 bits per heavy atom. The summed E-state index contributed by atoms with van der Waals surface area (Å²) < 4.78 is 0. The zero-order valence-electron chi connectivity index (χ0n) is 17.0. The van der Waals surface area contributed by atoms with E-state index in [0.717, 1.165) is 10.6 Å². The van der Waals surface area contributed by atoms with Crippen molar-refractivity contribution >= 4 is 58.2 Å². The third kappa shape index (κ3) is 5.84. The van der Waals surface area contributed by atoms with E-state index in [2.05, 4.69) is 10.2 Å². The normalized spacial score (nSPS) is 14.2. The van der Waals surface area contributed by atoms with Gasteiger partial charge in [0.15, 0.2) is 0 Å². The van der Waals surface area contributed by atoms with Crippen LogP contribution in [0.4, 0.5) is 11.4 Å². The predicted molar refractivity (Wildman–Crippen MR) is 126 cm³/mol. The van der Waals surface area contributed by atoms with Gasteiger partial charge in [0.2, 0.25) is 11.8 Å². The molecule has 0 radical (unpaired) electrons. The highest BCUT2D eigenvalue weighted by atomic mass is 35.5. The maximum absolute atomic E-state index is 12.5. The van der Waals surface area contributed by atoms with Gasteiger partial charge in [0.1, 0.15) is 0 Å². The highest BCUT2D eigenvalue weighted by molar-refractivity contribution is 8.00. The number of amides is 2. The van der Waals surface area contributed by atoms with Gasteiger partial charge in [-0.05, 0) is 36.4 Å². The predicted octanol–water partition coefficient (Wildman–Crippen LogP) is 5.03. The van der Waals surface area contributed by atoms with Crippen molar-refractivity contribution in [3.63, 3.8) is 0 Å². The van der Waals surface area contributed by atoms with Crippen molar-refractivity contribution in [3.05, 3.63) is 52.5 Å². The van der Waals surface area contributed by atoms with Gasteiger partial charge in [0.25, 0.3) is 0 Å². The fourth-order valence-corrected chi connectivity index (χ4v) is 4.44. The van der Waals surface area contributed by atoms with Crippen LogP contribution in [-0.2, 0) is 9.59 Å². The SMILES string of the molecule is CC(C)C(=O)N1CCN(c2c(Cl)cccc2NC(=O)CSc2ccc(Cl)cc2)CC1.